The zero-order chi connectivity index (χ0) is 17.6. The van der Waals surface area contributed by atoms with E-state index in [2.05, 4.69) is 39.8 Å². The third-order valence-corrected chi connectivity index (χ3v) is 5.48. The van der Waals surface area contributed by atoms with Crippen molar-refractivity contribution in [2.24, 2.45) is 0 Å². The highest BCUT2D eigenvalue weighted by Crippen LogP contribution is 2.20. The van der Waals surface area contributed by atoms with Crippen LogP contribution in [0.25, 0.3) is 0 Å². The van der Waals surface area contributed by atoms with Crippen LogP contribution in [-0.4, -0.2) is 75.7 Å². The van der Waals surface area contributed by atoms with Crippen LogP contribution in [-0.2, 0) is 17.9 Å². The van der Waals surface area contributed by atoms with Crippen LogP contribution in [0.2, 0.25) is 0 Å². The van der Waals surface area contributed by atoms with Gasteiger partial charge >= 0.3 is 0 Å². The van der Waals surface area contributed by atoms with Crippen molar-refractivity contribution >= 4 is 5.91 Å². The van der Waals surface area contributed by atoms with Gasteiger partial charge in [0.25, 0.3) is 0 Å². The molecule has 2 saturated heterocycles. The first-order chi connectivity index (χ1) is 12.2. The lowest BCUT2D eigenvalue weighted by Gasteiger charge is -2.29. The van der Waals surface area contributed by atoms with E-state index >= 15 is 0 Å². The summed E-state index contributed by atoms with van der Waals surface area (Å²) in [6.45, 7) is 12.1. The van der Waals surface area contributed by atoms with E-state index in [-0.39, 0.29) is 6.04 Å². The molecule has 0 radical (unpaired) electrons. The normalized spacial score (nSPS) is 23.1. The Morgan fingerprint density at radius 1 is 1.16 bits per heavy atom. The lowest BCUT2D eigenvalue weighted by molar-refractivity contribution is -0.135. The number of likely N-dealkylation sites (tertiary alicyclic amines) is 1. The molecule has 0 aliphatic carbocycles. The predicted molar refractivity (Wildman–Crippen MR) is 99.3 cm³/mol. The number of rotatable bonds is 6. The van der Waals surface area contributed by atoms with E-state index in [1.54, 1.807) is 0 Å². The van der Waals surface area contributed by atoms with Crippen LogP contribution < -0.4 is 0 Å². The first-order valence-electron chi connectivity index (χ1n) is 9.97. The number of carbonyl (C=O) groups is 1. The monoisotopic (exact) mass is 347 g/mol. The van der Waals surface area contributed by atoms with Crippen molar-refractivity contribution in [2.75, 3.05) is 39.3 Å². The fourth-order valence-corrected chi connectivity index (χ4v) is 4.14. The van der Waals surface area contributed by atoms with Gasteiger partial charge in [0, 0.05) is 51.0 Å². The molecule has 6 nitrogen and oxygen atoms in total. The highest BCUT2D eigenvalue weighted by molar-refractivity contribution is 5.82. The van der Waals surface area contributed by atoms with Crippen LogP contribution in [0.1, 0.15) is 45.1 Å². The Balaban J connectivity index is 1.53. The molecule has 6 heteroatoms. The van der Waals surface area contributed by atoms with E-state index in [0.29, 0.717) is 5.91 Å². The van der Waals surface area contributed by atoms with Gasteiger partial charge in [-0.15, -0.1) is 0 Å². The van der Waals surface area contributed by atoms with Gasteiger partial charge in [0.05, 0.1) is 12.2 Å². The smallest absolute Gasteiger partial charge is 0.239 e. The average molecular weight is 348 g/mol. The summed E-state index contributed by atoms with van der Waals surface area (Å²) in [5, 5.41) is 4.36. The molecular formula is C19H33N5O. The standard InChI is InChI=1S/C19H33N5O/c1-3-8-22-10-5-7-18(22)19(25)23-11-6-9-21(12-13-23)15-17-14-20-24(4-2)16-17/h14,16,18H,3-13,15H2,1-2H3. The fourth-order valence-electron chi connectivity index (χ4n) is 4.14. The summed E-state index contributed by atoms with van der Waals surface area (Å²) < 4.78 is 1.98. The molecule has 25 heavy (non-hydrogen) atoms. The molecule has 1 atom stereocenters. The number of amides is 1. The molecule has 3 heterocycles. The van der Waals surface area contributed by atoms with E-state index in [1.807, 2.05) is 10.9 Å². The Bertz CT molecular complexity index is 558. The Labute approximate surface area is 151 Å². The number of aromatic nitrogens is 2. The topological polar surface area (TPSA) is 44.6 Å². The minimum atomic E-state index is 0.134. The van der Waals surface area contributed by atoms with Crippen LogP contribution >= 0.6 is 0 Å². The fraction of sp³-hybridized carbons (Fsp3) is 0.789. The summed E-state index contributed by atoms with van der Waals surface area (Å²) >= 11 is 0. The quantitative estimate of drug-likeness (QED) is 0.787. The maximum Gasteiger partial charge on any atom is 0.239 e. The Kier molecular flexibility index (Phi) is 6.48. The lowest BCUT2D eigenvalue weighted by Crippen LogP contribution is -2.47. The first-order valence-corrected chi connectivity index (χ1v) is 9.97. The lowest BCUT2D eigenvalue weighted by atomic mass is 10.2. The molecule has 0 aromatic carbocycles. The van der Waals surface area contributed by atoms with Crippen LogP contribution in [0.15, 0.2) is 12.4 Å². The van der Waals surface area contributed by atoms with Crippen molar-refractivity contribution in [3.05, 3.63) is 18.0 Å². The van der Waals surface area contributed by atoms with Crippen LogP contribution in [0, 0.1) is 0 Å². The second-order valence-corrected chi connectivity index (χ2v) is 7.35. The Hall–Kier alpha value is -1.40. The summed E-state index contributed by atoms with van der Waals surface area (Å²) in [5.41, 5.74) is 1.27. The van der Waals surface area contributed by atoms with Crippen molar-refractivity contribution in [2.45, 2.75) is 58.7 Å². The highest BCUT2D eigenvalue weighted by atomic mass is 16.2. The first kappa shape index (κ1) is 18.4. The Morgan fingerprint density at radius 3 is 2.80 bits per heavy atom. The number of hydrogen-bond donors (Lipinski definition) is 0. The number of nitrogens with zero attached hydrogens (tertiary/aromatic N) is 5. The van der Waals surface area contributed by atoms with Gasteiger partial charge in [-0.2, -0.15) is 5.10 Å². The Morgan fingerprint density at radius 2 is 2.04 bits per heavy atom. The van der Waals surface area contributed by atoms with E-state index in [9.17, 15) is 4.79 Å². The van der Waals surface area contributed by atoms with Crippen molar-refractivity contribution in [3.8, 4) is 0 Å². The van der Waals surface area contributed by atoms with Gasteiger partial charge in [0.15, 0.2) is 0 Å². The third kappa shape index (κ3) is 4.61. The number of aryl methyl sites for hydroxylation is 1. The molecule has 1 aromatic heterocycles. The van der Waals surface area contributed by atoms with Gasteiger partial charge in [0.1, 0.15) is 0 Å². The highest BCUT2D eigenvalue weighted by Gasteiger charge is 2.33. The van der Waals surface area contributed by atoms with Gasteiger partial charge in [-0.3, -0.25) is 19.3 Å². The number of hydrogen-bond acceptors (Lipinski definition) is 4. The van der Waals surface area contributed by atoms with Gasteiger partial charge in [-0.1, -0.05) is 6.92 Å². The second-order valence-electron chi connectivity index (χ2n) is 7.35. The summed E-state index contributed by atoms with van der Waals surface area (Å²) in [6, 6.07) is 0.134. The van der Waals surface area contributed by atoms with Gasteiger partial charge in [0.2, 0.25) is 5.91 Å². The van der Waals surface area contributed by atoms with E-state index < -0.39 is 0 Å². The van der Waals surface area contributed by atoms with Gasteiger partial charge in [-0.05, 0) is 45.7 Å². The van der Waals surface area contributed by atoms with Crippen LogP contribution in [0.4, 0.5) is 0 Å². The molecule has 1 amide bonds. The molecule has 140 valence electrons. The minimum Gasteiger partial charge on any atom is -0.340 e. The summed E-state index contributed by atoms with van der Waals surface area (Å²) in [6.07, 6.45) is 8.50. The molecular weight excluding hydrogens is 314 g/mol. The maximum atomic E-state index is 13.0. The molecule has 2 fully saturated rings. The van der Waals surface area contributed by atoms with Crippen molar-refractivity contribution in [1.29, 1.82) is 0 Å². The van der Waals surface area contributed by atoms with Crippen LogP contribution in [0.3, 0.4) is 0 Å². The second kappa shape index (κ2) is 8.81. The molecule has 0 spiro atoms. The molecule has 2 aliphatic rings. The summed E-state index contributed by atoms with van der Waals surface area (Å²) in [5.74, 6) is 0.367. The van der Waals surface area contributed by atoms with Crippen molar-refractivity contribution in [1.82, 2.24) is 24.5 Å². The molecule has 3 rings (SSSR count). The molecule has 1 aromatic rings. The van der Waals surface area contributed by atoms with E-state index in [1.165, 1.54) is 5.56 Å². The van der Waals surface area contributed by atoms with Gasteiger partial charge in [-0.25, -0.2) is 0 Å². The molecule has 0 bridgehead atoms. The zero-order valence-corrected chi connectivity index (χ0v) is 15.9. The van der Waals surface area contributed by atoms with Crippen LogP contribution in [0.5, 0.6) is 0 Å². The number of carbonyl (C=O) groups excluding carboxylic acids is 1. The van der Waals surface area contributed by atoms with Crippen molar-refractivity contribution < 1.29 is 4.79 Å². The third-order valence-electron chi connectivity index (χ3n) is 5.48. The minimum absolute atomic E-state index is 0.134. The van der Waals surface area contributed by atoms with Crippen molar-refractivity contribution in [3.63, 3.8) is 0 Å². The molecule has 2 aliphatic heterocycles. The summed E-state index contributed by atoms with van der Waals surface area (Å²) in [4.78, 5) is 20.0. The molecule has 1 unspecified atom stereocenters. The zero-order valence-electron chi connectivity index (χ0n) is 15.9. The molecule has 0 saturated carbocycles. The molecule has 0 N–H and O–H groups in total. The maximum absolute atomic E-state index is 13.0. The van der Waals surface area contributed by atoms with E-state index in [0.717, 1.165) is 78.0 Å². The predicted octanol–water partition coefficient (Wildman–Crippen LogP) is 1.81. The van der Waals surface area contributed by atoms with Gasteiger partial charge < -0.3 is 4.90 Å². The SMILES string of the molecule is CCCN1CCCC1C(=O)N1CCCN(Cc2cnn(CC)c2)CC1. The summed E-state index contributed by atoms with van der Waals surface area (Å²) in [7, 11) is 0. The van der Waals surface area contributed by atoms with E-state index in [4.69, 9.17) is 0 Å². The average Bonchev–Trinajstić information content (AvgIpc) is 3.20. The largest absolute Gasteiger partial charge is 0.340 e.